The Morgan fingerprint density at radius 3 is 2.43 bits per heavy atom. The molecule has 0 N–H and O–H groups in total. The highest BCUT2D eigenvalue weighted by molar-refractivity contribution is 8.13. The largest absolute Gasteiger partial charge is 0.466 e. The maximum atomic E-state index is 11.5. The number of amides is 1. The lowest BCUT2D eigenvalue weighted by molar-refractivity contribution is -0.140. The van der Waals surface area contributed by atoms with Crippen molar-refractivity contribution >= 4 is 23.0 Å². The first-order chi connectivity index (χ1) is 9.93. The molecule has 0 bridgehead atoms. The highest BCUT2D eigenvalue weighted by atomic mass is 32.2. The van der Waals surface area contributed by atoms with Gasteiger partial charge in [-0.05, 0) is 61.2 Å². The number of aryl methyl sites for hydroxylation is 2. The van der Waals surface area contributed by atoms with E-state index in [0.717, 1.165) is 4.90 Å². The molecular weight excluding hydrogens is 286 g/mol. The van der Waals surface area contributed by atoms with Crippen LogP contribution in [0, 0.1) is 0 Å². The third-order valence-corrected chi connectivity index (χ3v) is 4.02. The summed E-state index contributed by atoms with van der Waals surface area (Å²) in [6.07, 6.45) is 3.62. The van der Waals surface area contributed by atoms with Gasteiger partial charge in [-0.25, -0.2) is 0 Å². The third-order valence-electron chi connectivity index (χ3n) is 2.99. The number of benzene rings is 1. The first kappa shape index (κ1) is 17.6. The van der Waals surface area contributed by atoms with Crippen molar-refractivity contribution < 1.29 is 14.3 Å². The van der Waals surface area contributed by atoms with Crippen LogP contribution in [0.5, 0.6) is 0 Å². The van der Waals surface area contributed by atoms with E-state index in [1.165, 1.54) is 49.1 Å². The number of fused-ring (bicyclic) bond motifs is 1. The molecule has 1 amide bonds. The van der Waals surface area contributed by atoms with Gasteiger partial charge in [-0.2, -0.15) is 0 Å². The van der Waals surface area contributed by atoms with Gasteiger partial charge >= 0.3 is 5.97 Å². The number of rotatable bonds is 2. The van der Waals surface area contributed by atoms with Gasteiger partial charge in [-0.3, -0.25) is 9.59 Å². The van der Waals surface area contributed by atoms with Gasteiger partial charge in [0.15, 0.2) is 0 Å². The topological polar surface area (TPSA) is 46.6 Å². The zero-order valence-corrected chi connectivity index (χ0v) is 14.0. The monoisotopic (exact) mass is 309 g/mol. The lowest BCUT2D eigenvalue weighted by atomic mass is 10.1. The van der Waals surface area contributed by atoms with Gasteiger partial charge in [0.2, 0.25) is 0 Å². The van der Waals surface area contributed by atoms with Crippen LogP contribution in [0.15, 0.2) is 23.1 Å². The number of carbonyl (C=O) groups is 2. The van der Waals surface area contributed by atoms with Crippen LogP contribution in [0.4, 0.5) is 4.79 Å². The molecule has 1 aromatic rings. The SMILES string of the molecule is CCOC(C)=O.CN(C)C(=O)Sc1ccc2c(c1)CCC2. The zero-order valence-electron chi connectivity index (χ0n) is 13.1. The van der Waals surface area contributed by atoms with Crippen LogP contribution in [-0.2, 0) is 22.4 Å². The molecule has 5 heteroatoms. The molecule has 0 radical (unpaired) electrons. The number of esters is 1. The first-order valence-electron chi connectivity index (χ1n) is 7.08. The highest BCUT2D eigenvalue weighted by Gasteiger charge is 2.13. The maximum Gasteiger partial charge on any atom is 0.302 e. The highest BCUT2D eigenvalue weighted by Crippen LogP contribution is 2.28. The van der Waals surface area contributed by atoms with Crippen molar-refractivity contribution in [3.05, 3.63) is 29.3 Å². The van der Waals surface area contributed by atoms with Gasteiger partial charge in [-0.15, -0.1) is 0 Å². The summed E-state index contributed by atoms with van der Waals surface area (Å²) >= 11 is 1.30. The van der Waals surface area contributed by atoms with E-state index in [1.54, 1.807) is 25.9 Å². The molecule has 0 unspecified atom stereocenters. The van der Waals surface area contributed by atoms with Crippen molar-refractivity contribution in [2.45, 2.75) is 38.0 Å². The van der Waals surface area contributed by atoms with E-state index in [4.69, 9.17) is 0 Å². The Kier molecular flexibility index (Phi) is 7.29. The molecule has 21 heavy (non-hydrogen) atoms. The molecule has 0 saturated carbocycles. The molecule has 0 heterocycles. The molecule has 2 rings (SSSR count). The summed E-state index contributed by atoms with van der Waals surface area (Å²) in [7, 11) is 3.56. The van der Waals surface area contributed by atoms with Crippen molar-refractivity contribution in [1.29, 1.82) is 0 Å². The summed E-state index contributed by atoms with van der Waals surface area (Å²) in [6, 6.07) is 6.37. The molecule has 0 aromatic heterocycles. The van der Waals surface area contributed by atoms with Gasteiger partial charge in [0.25, 0.3) is 5.24 Å². The molecule has 4 nitrogen and oxygen atoms in total. The second-order valence-electron chi connectivity index (χ2n) is 4.97. The van der Waals surface area contributed by atoms with Crippen LogP contribution in [0.2, 0.25) is 0 Å². The number of thioether (sulfide) groups is 1. The fraction of sp³-hybridized carbons (Fsp3) is 0.500. The van der Waals surface area contributed by atoms with Crippen LogP contribution in [0.25, 0.3) is 0 Å². The van der Waals surface area contributed by atoms with Crippen molar-refractivity contribution in [3.63, 3.8) is 0 Å². The van der Waals surface area contributed by atoms with Gasteiger partial charge in [0.1, 0.15) is 0 Å². The molecule has 1 aromatic carbocycles. The molecule has 1 aliphatic rings. The number of nitrogens with zero attached hydrogens (tertiary/aromatic N) is 1. The second-order valence-corrected chi connectivity index (χ2v) is 6.00. The summed E-state index contributed by atoms with van der Waals surface area (Å²) in [5.74, 6) is -0.211. The van der Waals surface area contributed by atoms with Crippen molar-refractivity contribution in [2.75, 3.05) is 20.7 Å². The van der Waals surface area contributed by atoms with Gasteiger partial charge < -0.3 is 9.64 Å². The van der Waals surface area contributed by atoms with E-state index in [1.807, 2.05) is 0 Å². The predicted molar refractivity (Wildman–Crippen MR) is 85.7 cm³/mol. The van der Waals surface area contributed by atoms with Crippen LogP contribution in [0.1, 0.15) is 31.4 Å². The summed E-state index contributed by atoms with van der Waals surface area (Å²) < 4.78 is 4.40. The molecule has 0 atom stereocenters. The molecule has 0 fully saturated rings. The Hall–Kier alpha value is -1.49. The van der Waals surface area contributed by atoms with Crippen molar-refractivity contribution in [2.24, 2.45) is 0 Å². The average Bonchev–Trinajstić information content (AvgIpc) is 2.86. The molecule has 0 aliphatic heterocycles. The number of carbonyl (C=O) groups excluding carboxylic acids is 2. The predicted octanol–water partition coefficient (Wildman–Crippen LogP) is 3.52. The smallest absolute Gasteiger partial charge is 0.302 e. The van der Waals surface area contributed by atoms with E-state index in [2.05, 4.69) is 22.9 Å². The molecule has 0 saturated heterocycles. The van der Waals surface area contributed by atoms with Gasteiger partial charge in [-0.1, -0.05) is 6.07 Å². The minimum absolute atomic E-state index is 0.0907. The van der Waals surface area contributed by atoms with Crippen LogP contribution in [-0.4, -0.2) is 36.8 Å². The van der Waals surface area contributed by atoms with E-state index < -0.39 is 0 Å². The maximum absolute atomic E-state index is 11.5. The quantitative estimate of drug-likeness (QED) is 0.619. The molecule has 1 aliphatic carbocycles. The average molecular weight is 309 g/mol. The Morgan fingerprint density at radius 2 is 1.90 bits per heavy atom. The lowest BCUT2D eigenvalue weighted by Crippen LogP contribution is -2.16. The summed E-state index contributed by atoms with van der Waals surface area (Å²) in [5.41, 5.74) is 2.88. The number of hydrogen-bond donors (Lipinski definition) is 0. The van der Waals surface area contributed by atoms with E-state index in [0.29, 0.717) is 6.61 Å². The van der Waals surface area contributed by atoms with Gasteiger partial charge in [0.05, 0.1) is 6.61 Å². The van der Waals surface area contributed by atoms with E-state index in [9.17, 15) is 9.59 Å². The Labute approximate surface area is 130 Å². The normalized spacial score (nSPS) is 12.0. The Balaban J connectivity index is 0.000000315. The Bertz CT molecular complexity index is 500. The van der Waals surface area contributed by atoms with Crippen LogP contribution >= 0.6 is 11.8 Å². The van der Waals surface area contributed by atoms with Gasteiger partial charge in [0, 0.05) is 25.9 Å². The van der Waals surface area contributed by atoms with E-state index in [-0.39, 0.29) is 11.2 Å². The minimum atomic E-state index is -0.211. The minimum Gasteiger partial charge on any atom is -0.466 e. The van der Waals surface area contributed by atoms with Crippen molar-refractivity contribution in [3.8, 4) is 0 Å². The molecule has 116 valence electrons. The van der Waals surface area contributed by atoms with E-state index >= 15 is 0 Å². The molecule has 0 spiro atoms. The number of hydrogen-bond acceptors (Lipinski definition) is 4. The summed E-state index contributed by atoms with van der Waals surface area (Å²) in [4.78, 5) is 24.0. The third kappa shape index (κ3) is 6.21. The fourth-order valence-corrected chi connectivity index (χ4v) is 2.73. The molecular formula is C16H23NO3S. The summed E-state index contributed by atoms with van der Waals surface area (Å²) in [6.45, 7) is 3.65. The van der Waals surface area contributed by atoms with Crippen LogP contribution < -0.4 is 0 Å². The second kappa shape index (κ2) is 8.72. The fourth-order valence-electron chi connectivity index (χ4n) is 2.01. The number of ether oxygens (including phenoxy) is 1. The van der Waals surface area contributed by atoms with Crippen LogP contribution in [0.3, 0.4) is 0 Å². The van der Waals surface area contributed by atoms with Crippen molar-refractivity contribution in [1.82, 2.24) is 4.90 Å². The standard InChI is InChI=1S/C12H15NOS.C4H8O2/c1-13(2)12(14)15-11-7-6-9-4-3-5-10(9)8-11;1-3-6-4(2)5/h6-8H,3-5H2,1-2H3;3H2,1-2H3. The zero-order chi connectivity index (χ0) is 15.8. The first-order valence-corrected chi connectivity index (χ1v) is 7.90. The lowest BCUT2D eigenvalue weighted by Gasteiger charge is -2.09. The summed E-state index contributed by atoms with van der Waals surface area (Å²) in [5, 5.41) is 0.0907. The Morgan fingerprint density at radius 1 is 1.24 bits per heavy atom.